The number of imidazole rings is 2. The van der Waals surface area contributed by atoms with Crippen molar-refractivity contribution in [2.24, 2.45) is 0 Å². The molecule has 42 heavy (non-hydrogen) atoms. The van der Waals surface area contributed by atoms with Gasteiger partial charge in [0.15, 0.2) is 0 Å². The number of nitrogens with zero attached hydrogens (tertiary/aromatic N) is 5. The molecule has 5 heterocycles. The molecule has 0 N–H and O–H groups in total. The predicted octanol–water partition coefficient (Wildman–Crippen LogP) is 8.05. The van der Waals surface area contributed by atoms with Crippen LogP contribution in [0.3, 0.4) is 0 Å². The molecule has 0 spiro atoms. The zero-order chi connectivity index (χ0) is 26.9. The van der Waals surface area contributed by atoms with Crippen LogP contribution in [0.15, 0.2) is 116 Å². The Morgan fingerprint density at radius 1 is 0.595 bits per heavy atom. The summed E-state index contributed by atoms with van der Waals surface area (Å²) < 4.78 is 10.6. The summed E-state index contributed by atoms with van der Waals surface area (Å²) >= 11 is 0. The van der Waals surface area contributed by atoms with Crippen molar-refractivity contribution in [3.63, 3.8) is 0 Å². The number of hydrogen-bond donors (Lipinski definition) is 0. The molecule has 0 saturated heterocycles. The van der Waals surface area contributed by atoms with Crippen molar-refractivity contribution in [2.45, 2.75) is 0 Å². The molecule has 0 atom stereocenters. The smallest absolute Gasteiger partial charge is 0.497 e. The maximum Gasteiger partial charge on any atom is 2.00 e. The molecule has 200 valence electrons. The second-order valence-electron chi connectivity index (χ2n) is 10.0. The Balaban J connectivity index is 0.00000267. The van der Waals surface area contributed by atoms with Crippen molar-refractivity contribution in [3.8, 4) is 22.8 Å². The Bertz CT molecular complexity index is 2460. The van der Waals surface area contributed by atoms with Gasteiger partial charge in [-0.1, -0.05) is 94.3 Å². The Morgan fingerprint density at radius 3 is 2.19 bits per heavy atom. The van der Waals surface area contributed by atoms with Crippen molar-refractivity contribution in [1.82, 2.24) is 23.8 Å². The first kappa shape index (κ1) is 24.7. The summed E-state index contributed by atoms with van der Waals surface area (Å²) in [6, 6.07) is 37.5. The van der Waals surface area contributed by atoms with Gasteiger partial charge >= 0.3 is 21.1 Å². The number of rotatable bonds is 3. The van der Waals surface area contributed by atoms with E-state index in [0.29, 0.717) is 11.5 Å². The van der Waals surface area contributed by atoms with Crippen molar-refractivity contribution >= 4 is 54.8 Å². The molecule has 0 aliphatic rings. The van der Waals surface area contributed by atoms with E-state index in [-0.39, 0.29) is 21.1 Å². The monoisotopic (exact) mass is 720 g/mol. The van der Waals surface area contributed by atoms with Gasteiger partial charge in [-0.25, -0.2) is 0 Å². The summed E-state index contributed by atoms with van der Waals surface area (Å²) in [4.78, 5) is 14.4. The maximum absolute atomic E-state index is 6.38. The zero-order valence-electron chi connectivity index (χ0n) is 21.9. The number of aromatic nitrogens is 5. The van der Waals surface area contributed by atoms with Gasteiger partial charge in [-0.15, -0.1) is 12.1 Å². The Morgan fingerprint density at radius 2 is 1.33 bits per heavy atom. The van der Waals surface area contributed by atoms with E-state index in [0.717, 1.165) is 66.0 Å². The fourth-order valence-electron chi connectivity index (χ4n) is 5.84. The number of fused-ring (bicyclic) bond motifs is 12. The van der Waals surface area contributed by atoms with Crippen LogP contribution in [0.4, 0.5) is 0 Å². The molecule has 0 aliphatic heterocycles. The molecule has 0 unspecified atom stereocenters. The van der Waals surface area contributed by atoms with Gasteiger partial charge in [0.05, 0.1) is 28.0 Å². The van der Waals surface area contributed by atoms with E-state index in [2.05, 4.69) is 74.6 Å². The van der Waals surface area contributed by atoms with Crippen LogP contribution >= 0.6 is 0 Å². The van der Waals surface area contributed by atoms with Crippen molar-refractivity contribution < 1.29 is 25.8 Å². The van der Waals surface area contributed by atoms with E-state index in [1.165, 1.54) is 0 Å². The maximum atomic E-state index is 6.38. The number of benzene rings is 4. The molecule has 4 aromatic carbocycles. The van der Waals surface area contributed by atoms with Crippen LogP contribution in [0.5, 0.6) is 11.5 Å². The average molecular weight is 721 g/mol. The van der Waals surface area contributed by atoms with Crippen LogP contribution < -0.4 is 4.74 Å². The van der Waals surface area contributed by atoms with E-state index in [4.69, 9.17) is 14.7 Å². The van der Waals surface area contributed by atoms with Gasteiger partial charge in [0.25, 0.3) is 0 Å². The van der Waals surface area contributed by atoms with Gasteiger partial charge in [0.2, 0.25) is 0 Å². The van der Waals surface area contributed by atoms with Crippen molar-refractivity contribution in [3.05, 3.63) is 128 Å². The SMILES string of the molecule is [Pt+2].[c-]1c(Oc2[c-]c3c(cc2)c2ncccc2n2cc(-c4ccccc4)nc32)ccc2c1c1nccn1c1ccccc21. The number of pyridine rings is 3. The standard InChI is InChI=1S/C35H19N5O.Pt/c1-2-7-22(8-3-1)30-21-40-32-11-6-16-36-33(32)27-15-13-24(20-29(27)35(40)38-30)41-23-12-14-25-26-9-4-5-10-31(26)39-18-17-37-34(39)28(25)19-23;/h1-18,21H;/q-2;+2. The van der Waals surface area contributed by atoms with Crippen LogP contribution in [0.25, 0.3) is 66.0 Å². The summed E-state index contributed by atoms with van der Waals surface area (Å²) in [5, 5.41) is 4.95. The first-order valence-electron chi connectivity index (χ1n) is 13.4. The molecule has 7 heteroatoms. The number of para-hydroxylation sites is 1. The minimum atomic E-state index is 0. The van der Waals surface area contributed by atoms with Crippen LogP contribution in [0, 0.1) is 12.1 Å². The molecule has 0 fully saturated rings. The first-order chi connectivity index (χ1) is 20.3. The minimum absolute atomic E-state index is 0. The molecule has 0 aliphatic carbocycles. The molecule has 0 amide bonds. The van der Waals surface area contributed by atoms with E-state index < -0.39 is 0 Å². The topological polar surface area (TPSA) is 56.7 Å². The summed E-state index contributed by atoms with van der Waals surface area (Å²) in [6.45, 7) is 0. The Kier molecular flexibility index (Phi) is 5.59. The van der Waals surface area contributed by atoms with Crippen LogP contribution in [-0.4, -0.2) is 23.8 Å². The molecule has 6 nitrogen and oxygen atoms in total. The summed E-state index contributed by atoms with van der Waals surface area (Å²) in [6.07, 6.45) is 7.68. The number of ether oxygens (including phenoxy) is 1. The summed E-state index contributed by atoms with van der Waals surface area (Å²) in [5.74, 6) is 1.17. The third kappa shape index (κ3) is 3.65. The van der Waals surface area contributed by atoms with Crippen LogP contribution in [0.2, 0.25) is 0 Å². The molecule has 5 aromatic heterocycles. The van der Waals surface area contributed by atoms with Crippen molar-refractivity contribution in [2.75, 3.05) is 0 Å². The minimum Gasteiger partial charge on any atom is -0.497 e. The average Bonchev–Trinajstić information content (AvgIpc) is 3.71. The van der Waals surface area contributed by atoms with Gasteiger partial charge in [0, 0.05) is 47.4 Å². The van der Waals surface area contributed by atoms with Gasteiger partial charge in [-0.3, -0.25) is 15.0 Å². The fraction of sp³-hybridized carbons (Fsp3) is 0. The fourth-order valence-corrected chi connectivity index (χ4v) is 5.84. The van der Waals surface area contributed by atoms with E-state index in [1.807, 2.05) is 67.1 Å². The molecule has 0 saturated carbocycles. The second kappa shape index (κ2) is 9.50. The summed E-state index contributed by atoms with van der Waals surface area (Å²) in [7, 11) is 0. The van der Waals surface area contributed by atoms with E-state index >= 15 is 0 Å². The Labute approximate surface area is 254 Å². The normalized spacial score (nSPS) is 11.6. The van der Waals surface area contributed by atoms with Crippen molar-refractivity contribution in [1.29, 1.82) is 0 Å². The van der Waals surface area contributed by atoms with Gasteiger partial charge in [-0.2, -0.15) is 0 Å². The van der Waals surface area contributed by atoms with E-state index in [9.17, 15) is 0 Å². The third-order valence-electron chi connectivity index (χ3n) is 7.68. The number of hydrogen-bond acceptors (Lipinski definition) is 4. The molecule has 9 aromatic rings. The third-order valence-corrected chi connectivity index (χ3v) is 7.68. The summed E-state index contributed by atoms with van der Waals surface area (Å²) in [5.41, 5.74) is 6.58. The van der Waals surface area contributed by atoms with Crippen LogP contribution in [-0.2, 0) is 21.1 Å². The molecule has 0 bridgehead atoms. The molecular formula is C35H19N5OPt. The second-order valence-corrected chi connectivity index (χ2v) is 10.0. The van der Waals surface area contributed by atoms with E-state index in [1.54, 1.807) is 0 Å². The molecule has 9 rings (SSSR count). The first-order valence-corrected chi connectivity index (χ1v) is 13.4. The molecule has 0 radical (unpaired) electrons. The van der Waals surface area contributed by atoms with Gasteiger partial charge in [0.1, 0.15) is 0 Å². The quantitative estimate of drug-likeness (QED) is 0.137. The van der Waals surface area contributed by atoms with Gasteiger partial charge in [-0.05, 0) is 23.6 Å². The zero-order valence-corrected chi connectivity index (χ0v) is 24.2. The van der Waals surface area contributed by atoms with Gasteiger partial charge < -0.3 is 13.5 Å². The largest absolute Gasteiger partial charge is 2.00 e. The molecular weight excluding hydrogens is 701 g/mol. The Hall–Kier alpha value is -5.06. The predicted molar refractivity (Wildman–Crippen MR) is 161 cm³/mol. The van der Waals surface area contributed by atoms with Crippen LogP contribution in [0.1, 0.15) is 0 Å².